The normalized spacial score (nSPS) is 11.4. The highest BCUT2D eigenvalue weighted by molar-refractivity contribution is 5.65. The first-order valence-corrected chi connectivity index (χ1v) is 4.39. The Balaban J connectivity index is 3.77. The van der Waals surface area contributed by atoms with Crippen molar-refractivity contribution in [3.05, 3.63) is 0 Å². The van der Waals surface area contributed by atoms with Crippen molar-refractivity contribution < 1.29 is 23.7 Å². The zero-order valence-corrected chi connectivity index (χ0v) is 9.16. The number of esters is 1. The van der Waals surface area contributed by atoms with Crippen LogP contribution in [0.2, 0.25) is 0 Å². The number of ether oxygens (including phenoxy) is 4. The molecule has 0 bridgehead atoms. The summed E-state index contributed by atoms with van der Waals surface area (Å²) >= 11 is 0. The second-order valence-electron chi connectivity index (χ2n) is 2.74. The van der Waals surface area contributed by atoms with E-state index in [0.717, 1.165) is 0 Å². The Kier molecular flexibility index (Phi) is 6.44. The van der Waals surface area contributed by atoms with E-state index in [1.165, 1.54) is 28.3 Å². The fourth-order valence-electron chi connectivity index (χ4n) is 1.06. The Morgan fingerprint density at radius 1 is 1.14 bits per heavy atom. The predicted molar refractivity (Wildman–Crippen MR) is 49.6 cm³/mol. The number of rotatable bonds is 7. The van der Waals surface area contributed by atoms with E-state index in [2.05, 4.69) is 0 Å². The number of carbonyl (C=O) groups is 1. The second-order valence-corrected chi connectivity index (χ2v) is 2.74. The van der Waals surface area contributed by atoms with Gasteiger partial charge in [0.25, 0.3) is 5.97 Å². The minimum absolute atomic E-state index is 0.289. The lowest BCUT2D eigenvalue weighted by Crippen LogP contribution is -2.36. The Morgan fingerprint density at radius 2 is 1.64 bits per heavy atom. The monoisotopic (exact) mass is 206 g/mol. The van der Waals surface area contributed by atoms with Gasteiger partial charge in [-0.25, -0.2) is 0 Å². The van der Waals surface area contributed by atoms with E-state index < -0.39 is 5.97 Å². The van der Waals surface area contributed by atoms with E-state index in [0.29, 0.717) is 19.4 Å². The number of hydrogen-bond acceptors (Lipinski definition) is 5. The van der Waals surface area contributed by atoms with Crippen LogP contribution in [0.5, 0.6) is 0 Å². The molecule has 0 N–H and O–H groups in total. The van der Waals surface area contributed by atoms with Gasteiger partial charge >= 0.3 is 5.97 Å². The molecule has 14 heavy (non-hydrogen) atoms. The maximum absolute atomic E-state index is 10.5. The molecule has 0 fully saturated rings. The zero-order chi connectivity index (χ0) is 11.0. The van der Waals surface area contributed by atoms with Crippen LogP contribution in [0, 0.1) is 0 Å². The van der Waals surface area contributed by atoms with Gasteiger partial charge in [-0.15, -0.1) is 0 Å². The highest BCUT2D eigenvalue weighted by Crippen LogP contribution is 2.18. The molecule has 5 heteroatoms. The molecular formula is C9H18O5. The molecule has 0 aromatic rings. The van der Waals surface area contributed by atoms with Gasteiger partial charge in [0.15, 0.2) is 0 Å². The van der Waals surface area contributed by atoms with Crippen molar-refractivity contribution in [2.45, 2.75) is 25.7 Å². The molecule has 0 saturated heterocycles. The Hall–Kier alpha value is -0.650. The molecule has 0 heterocycles. The van der Waals surface area contributed by atoms with Gasteiger partial charge in [0.05, 0.1) is 6.61 Å². The zero-order valence-electron chi connectivity index (χ0n) is 9.16. The molecule has 84 valence electrons. The molecule has 0 aliphatic rings. The highest BCUT2D eigenvalue weighted by Gasteiger charge is 2.28. The van der Waals surface area contributed by atoms with Crippen LogP contribution >= 0.6 is 0 Å². The van der Waals surface area contributed by atoms with E-state index in [-0.39, 0.29) is 5.97 Å². The smallest absolute Gasteiger partial charge is 0.302 e. The van der Waals surface area contributed by atoms with Crippen LogP contribution < -0.4 is 0 Å². The molecule has 0 aliphatic heterocycles. The summed E-state index contributed by atoms with van der Waals surface area (Å²) in [4.78, 5) is 10.5. The first-order chi connectivity index (χ1) is 6.60. The third kappa shape index (κ3) is 4.55. The lowest BCUT2D eigenvalue weighted by molar-refractivity contribution is -0.355. The molecule has 0 aromatic carbocycles. The molecule has 0 unspecified atom stereocenters. The average molecular weight is 206 g/mol. The van der Waals surface area contributed by atoms with Crippen LogP contribution in [-0.4, -0.2) is 39.9 Å². The quantitative estimate of drug-likeness (QED) is 0.352. The van der Waals surface area contributed by atoms with Crippen LogP contribution in [0.3, 0.4) is 0 Å². The van der Waals surface area contributed by atoms with Gasteiger partial charge in [0.2, 0.25) is 0 Å². The van der Waals surface area contributed by atoms with Gasteiger partial charge in [0.1, 0.15) is 0 Å². The first-order valence-electron chi connectivity index (χ1n) is 4.39. The Labute approximate surface area is 84.3 Å². The molecule has 0 aliphatic carbocycles. The fourth-order valence-corrected chi connectivity index (χ4v) is 1.06. The molecule has 0 saturated carbocycles. The predicted octanol–water partition coefficient (Wildman–Crippen LogP) is 0.923. The summed E-state index contributed by atoms with van der Waals surface area (Å²) in [5.74, 6) is -1.32. The lowest BCUT2D eigenvalue weighted by atomic mass is 10.3. The molecule has 0 atom stereocenters. The van der Waals surface area contributed by atoms with E-state index in [1.54, 1.807) is 0 Å². The lowest BCUT2D eigenvalue weighted by Gasteiger charge is -2.28. The molecule has 0 radical (unpaired) electrons. The minimum atomic E-state index is -1.03. The molecule has 0 spiro atoms. The van der Waals surface area contributed by atoms with Gasteiger partial charge in [-0.2, -0.15) is 0 Å². The van der Waals surface area contributed by atoms with Crippen LogP contribution in [0.25, 0.3) is 0 Å². The Morgan fingerprint density at radius 3 is 2.00 bits per heavy atom. The van der Waals surface area contributed by atoms with Crippen molar-refractivity contribution >= 4 is 5.97 Å². The molecular weight excluding hydrogens is 188 g/mol. The minimum Gasteiger partial charge on any atom is -0.466 e. The standard InChI is InChI=1S/C9H18O5/c1-8(10)14-7-5-6-9(11-2,12-3)13-4/h5-7H2,1-4H3. The Bertz CT molecular complexity index is 156. The summed E-state index contributed by atoms with van der Waals surface area (Å²) in [5.41, 5.74) is 0. The van der Waals surface area contributed by atoms with E-state index >= 15 is 0 Å². The average Bonchev–Trinajstić information content (AvgIpc) is 2.19. The van der Waals surface area contributed by atoms with Gasteiger partial charge < -0.3 is 18.9 Å². The second kappa shape index (κ2) is 6.75. The van der Waals surface area contributed by atoms with E-state index in [9.17, 15) is 4.79 Å². The number of methoxy groups -OCH3 is 3. The molecule has 0 rings (SSSR count). The van der Waals surface area contributed by atoms with Gasteiger partial charge in [-0.1, -0.05) is 0 Å². The van der Waals surface area contributed by atoms with Gasteiger partial charge in [0, 0.05) is 34.7 Å². The first kappa shape index (κ1) is 13.4. The van der Waals surface area contributed by atoms with Crippen molar-refractivity contribution in [2.24, 2.45) is 0 Å². The summed E-state index contributed by atoms with van der Waals surface area (Å²) in [6.45, 7) is 1.71. The van der Waals surface area contributed by atoms with Crippen molar-refractivity contribution in [2.75, 3.05) is 27.9 Å². The van der Waals surface area contributed by atoms with Crippen LogP contribution in [0.15, 0.2) is 0 Å². The largest absolute Gasteiger partial charge is 0.466 e. The summed E-state index contributed by atoms with van der Waals surface area (Å²) in [5, 5.41) is 0. The van der Waals surface area contributed by atoms with Crippen molar-refractivity contribution in [1.29, 1.82) is 0 Å². The highest BCUT2D eigenvalue weighted by atomic mass is 16.9. The van der Waals surface area contributed by atoms with Gasteiger partial charge in [-0.05, 0) is 6.42 Å². The third-order valence-corrected chi connectivity index (χ3v) is 1.87. The topological polar surface area (TPSA) is 54.0 Å². The van der Waals surface area contributed by atoms with Crippen molar-refractivity contribution in [3.8, 4) is 0 Å². The third-order valence-electron chi connectivity index (χ3n) is 1.87. The summed E-state index contributed by atoms with van der Waals surface area (Å²) in [6, 6.07) is 0. The van der Waals surface area contributed by atoms with Crippen LogP contribution in [0.4, 0.5) is 0 Å². The van der Waals surface area contributed by atoms with Crippen LogP contribution in [0.1, 0.15) is 19.8 Å². The summed E-state index contributed by atoms with van der Waals surface area (Å²) < 4.78 is 19.9. The van der Waals surface area contributed by atoms with E-state index in [1.807, 2.05) is 0 Å². The van der Waals surface area contributed by atoms with Gasteiger partial charge in [-0.3, -0.25) is 4.79 Å². The molecule has 0 aromatic heterocycles. The maximum Gasteiger partial charge on any atom is 0.302 e. The number of hydrogen-bond donors (Lipinski definition) is 0. The molecule has 5 nitrogen and oxygen atoms in total. The van der Waals surface area contributed by atoms with Crippen LogP contribution in [-0.2, 0) is 23.7 Å². The number of carbonyl (C=O) groups excluding carboxylic acids is 1. The summed E-state index contributed by atoms with van der Waals surface area (Å²) in [7, 11) is 4.50. The van der Waals surface area contributed by atoms with Crippen molar-refractivity contribution in [3.63, 3.8) is 0 Å². The maximum atomic E-state index is 10.5. The molecule has 0 amide bonds. The SMILES string of the molecule is COC(CCCOC(C)=O)(OC)OC. The summed E-state index contributed by atoms with van der Waals surface area (Å²) in [6.07, 6.45) is 1.12. The fraction of sp³-hybridized carbons (Fsp3) is 0.889. The van der Waals surface area contributed by atoms with Crippen molar-refractivity contribution in [1.82, 2.24) is 0 Å². The van der Waals surface area contributed by atoms with E-state index in [4.69, 9.17) is 18.9 Å².